The first-order valence-electron chi connectivity index (χ1n) is 9.75. The van der Waals surface area contributed by atoms with E-state index in [0.717, 1.165) is 22.3 Å². The monoisotopic (exact) mass is 415 g/mol. The zero-order valence-electron chi connectivity index (χ0n) is 16.8. The van der Waals surface area contributed by atoms with Gasteiger partial charge in [0, 0.05) is 22.6 Å². The number of hydrogen-bond acceptors (Lipinski definition) is 5. The standard InChI is InChI=1S/C23H18FN5O2/c1-13-9-17-10-16(5-8-20(17)31-13)23(30)26-14(2)22-27-21-11-19(25-12-29(21)28-22)15-3-6-18(24)7-4-15/h3-12,14H,1-2H3,(H,26,30)/t14-/m0/s1. The van der Waals surface area contributed by atoms with E-state index in [1.165, 1.54) is 12.1 Å². The molecule has 0 saturated heterocycles. The van der Waals surface area contributed by atoms with Crippen molar-refractivity contribution in [3.8, 4) is 11.3 Å². The summed E-state index contributed by atoms with van der Waals surface area (Å²) in [6, 6.07) is 14.6. The quantitative estimate of drug-likeness (QED) is 0.468. The second-order valence-corrected chi connectivity index (χ2v) is 7.36. The molecule has 154 valence electrons. The van der Waals surface area contributed by atoms with E-state index in [2.05, 4.69) is 20.4 Å². The van der Waals surface area contributed by atoms with Crippen molar-refractivity contribution in [3.63, 3.8) is 0 Å². The first kappa shape index (κ1) is 18.9. The Hall–Kier alpha value is -4.07. The van der Waals surface area contributed by atoms with Gasteiger partial charge in [-0.2, -0.15) is 0 Å². The van der Waals surface area contributed by atoms with Crippen molar-refractivity contribution in [1.29, 1.82) is 0 Å². The lowest BCUT2D eigenvalue weighted by atomic mass is 10.1. The Bertz CT molecular complexity index is 1420. The summed E-state index contributed by atoms with van der Waals surface area (Å²) in [6.07, 6.45) is 1.55. The van der Waals surface area contributed by atoms with Crippen LogP contribution in [0.2, 0.25) is 0 Å². The molecule has 3 heterocycles. The molecule has 0 spiro atoms. The number of nitrogens with one attached hydrogen (secondary N) is 1. The summed E-state index contributed by atoms with van der Waals surface area (Å²) in [5, 5.41) is 8.22. The number of hydrogen-bond donors (Lipinski definition) is 1. The highest BCUT2D eigenvalue weighted by Gasteiger charge is 2.17. The smallest absolute Gasteiger partial charge is 0.251 e. The van der Waals surface area contributed by atoms with Gasteiger partial charge < -0.3 is 9.73 Å². The predicted octanol–water partition coefficient (Wildman–Crippen LogP) is 4.48. The van der Waals surface area contributed by atoms with Crippen LogP contribution in [0.3, 0.4) is 0 Å². The van der Waals surface area contributed by atoms with Gasteiger partial charge in [0.1, 0.15) is 23.5 Å². The fourth-order valence-corrected chi connectivity index (χ4v) is 3.44. The highest BCUT2D eigenvalue weighted by molar-refractivity contribution is 5.98. The molecule has 7 nitrogen and oxygen atoms in total. The molecular weight excluding hydrogens is 397 g/mol. The Morgan fingerprint density at radius 3 is 2.74 bits per heavy atom. The molecule has 5 aromatic rings. The number of benzene rings is 2. The van der Waals surface area contributed by atoms with Crippen LogP contribution in [0, 0.1) is 12.7 Å². The van der Waals surface area contributed by atoms with Crippen LogP contribution in [-0.4, -0.2) is 25.5 Å². The summed E-state index contributed by atoms with van der Waals surface area (Å²) in [5.74, 6) is 0.730. The summed E-state index contributed by atoms with van der Waals surface area (Å²) in [7, 11) is 0. The number of carbonyl (C=O) groups excluding carboxylic acids is 1. The number of aryl methyl sites for hydroxylation is 1. The Balaban J connectivity index is 1.37. The van der Waals surface area contributed by atoms with Crippen LogP contribution in [0.4, 0.5) is 4.39 Å². The van der Waals surface area contributed by atoms with Crippen molar-refractivity contribution in [2.24, 2.45) is 0 Å². The molecule has 0 aliphatic carbocycles. The first-order valence-corrected chi connectivity index (χ1v) is 9.75. The van der Waals surface area contributed by atoms with E-state index in [1.807, 2.05) is 19.9 Å². The van der Waals surface area contributed by atoms with Crippen LogP contribution in [-0.2, 0) is 0 Å². The fourth-order valence-electron chi connectivity index (χ4n) is 3.44. The van der Waals surface area contributed by atoms with Gasteiger partial charge in [0.15, 0.2) is 11.5 Å². The van der Waals surface area contributed by atoms with E-state index < -0.39 is 6.04 Å². The SMILES string of the molecule is Cc1cc2cc(C(=O)N[C@@H](C)c3nc4cc(-c5ccc(F)cc5)ncn4n3)ccc2o1. The molecule has 0 bridgehead atoms. The van der Waals surface area contributed by atoms with E-state index in [-0.39, 0.29) is 11.7 Å². The van der Waals surface area contributed by atoms with Crippen molar-refractivity contribution < 1.29 is 13.6 Å². The maximum atomic E-state index is 13.2. The summed E-state index contributed by atoms with van der Waals surface area (Å²) >= 11 is 0. The third kappa shape index (κ3) is 3.63. The Morgan fingerprint density at radius 1 is 1.13 bits per heavy atom. The van der Waals surface area contributed by atoms with Crippen molar-refractivity contribution >= 4 is 22.5 Å². The second-order valence-electron chi connectivity index (χ2n) is 7.36. The highest BCUT2D eigenvalue weighted by Crippen LogP contribution is 2.22. The van der Waals surface area contributed by atoms with Crippen molar-refractivity contribution in [2.45, 2.75) is 19.9 Å². The maximum Gasteiger partial charge on any atom is 0.251 e. The summed E-state index contributed by atoms with van der Waals surface area (Å²) in [4.78, 5) is 21.6. The van der Waals surface area contributed by atoms with E-state index in [0.29, 0.717) is 22.7 Å². The minimum atomic E-state index is -0.413. The van der Waals surface area contributed by atoms with Gasteiger partial charge in [-0.05, 0) is 62.4 Å². The zero-order valence-corrected chi connectivity index (χ0v) is 16.8. The van der Waals surface area contributed by atoms with E-state index in [4.69, 9.17) is 4.42 Å². The molecule has 0 aliphatic rings. The molecule has 0 saturated carbocycles. The van der Waals surface area contributed by atoms with Crippen LogP contribution in [0.15, 0.2) is 65.3 Å². The van der Waals surface area contributed by atoms with E-state index in [9.17, 15) is 9.18 Å². The van der Waals surface area contributed by atoms with Gasteiger partial charge in [0.25, 0.3) is 5.91 Å². The van der Waals surface area contributed by atoms with Gasteiger partial charge in [0.2, 0.25) is 0 Å². The average Bonchev–Trinajstić information content (AvgIpc) is 3.35. The highest BCUT2D eigenvalue weighted by atomic mass is 19.1. The third-order valence-corrected chi connectivity index (χ3v) is 5.02. The number of halogens is 1. The molecule has 0 aliphatic heterocycles. The summed E-state index contributed by atoms with van der Waals surface area (Å²) in [6.45, 7) is 3.69. The van der Waals surface area contributed by atoms with Gasteiger partial charge in [-0.15, -0.1) is 5.10 Å². The molecule has 3 aromatic heterocycles. The number of rotatable bonds is 4. The van der Waals surface area contributed by atoms with Gasteiger partial charge in [-0.3, -0.25) is 4.79 Å². The van der Waals surface area contributed by atoms with Gasteiger partial charge in [-0.25, -0.2) is 18.9 Å². The number of carbonyl (C=O) groups is 1. The molecule has 0 radical (unpaired) electrons. The lowest BCUT2D eigenvalue weighted by Crippen LogP contribution is -2.27. The Labute approximate surface area is 176 Å². The molecule has 1 amide bonds. The van der Waals surface area contributed by atoms with Crippen LogP contribution in [0.1, 0.15) is 34.9 Å². The number of nitrogens with zero attached hydrogens (tertiary/aromatic N) is 4. The van der Waals surface area contributed by atoms with Gasteiger partial charge in [0.05, 0.1) is 11.7 Å². The predicted molar refractivity (Wildman–Crippen MR) is 113 cm³/mol. The Kier molecular flexibility index (Phi) is 4.47. The fraction of sp³-hybridized carbons (Fsp3) is 0.130. The molecule has 8 heteroatoms. The normalized spacial score (nSPS) is 12.4. The van der Waals surface area contributed by atoms with Crippen LogP contribution in [0.25, 0.3) is 27.9 Å². The minimum absolute atomic E-state index is 0.225. The van der Waals surface area contributed by atoms with E-state index in [1.54, 1.807) is 47.2 Å². The molecule has 2 aromatic carbocycles. The number of aromatic nitrogens is 4. The Morgan fingerprint density at radius 2 is 1.94 bits per heavy atom. The molecule has 5 rings (SSSR count). The van der Waals surface area contributed by atoms with E-state index >= 15 is 0 Å². The zero-order chi connectivity index (χ0) is 21.5. The lowest BCUT2D eigenvalue weighted by Gasteiger charge is -2.10. The summed E-state index contributed by atoms with van der Waals surface area (Å²) < 4.78 is 20.3. The van der Waals surface area contributed by atoms with Crippen molar-refractivity contribution in [1.82, 2.24) is 24.9 Å². The minimum Gasteiger partial charge on any atom is -0.461 e. The van der Waals surface area contributed by atoms with Crippen molar-refractivity contribution in [3.05, 3.63) is 83.9 Å². The van der Waals surface area contributed by atoms with Crippen molar-refractivity contribution in [2.75, 3.05) is 0 Å². The summed E-state index contributed by atoms with van der Waals surface area (Å²) in [5.41, 5.74) is 3.30. The number of amides is 1. The molecule has 1 atom stereocenters. The molecule has 0 unspecified atom stereocenters. The third-order valence-electron chi connectivity index (χ3n) is 5.02. The maximum absolute atomic E-state index is 13.2. The molecular formula is C23H18FN5O2. The lowest BCUT2D eigenvalue weighted by molar-refractivity contribution is 0.0938. The number of furan rings is 1. The van der Waals surface area contributed by atoms with Crippen LogP contribution >= 0.6 is 0 Å². The largest absolute Gasteiger partial charge is 0.461 e. The van der Waals surface area contributed by atoms with Crippen LogP contribution in [0.5, 0.6) is 0 Å². The molecule has 31 heavy (non-hydrogen) atoms. The number of fused-ring (bicyclic) bond motifs is 2. The van der Waals surface area contributed by atoms with Gasteiger partial charge >= 0.3 is 0 Å². The molecule has 0 fully saturated rings. The molecule has 1 N–H and O–H groups in total. The van der Waals surface area contributed by atoms with Gasteiger partial charge in [-0.1, -0.05) is 0 Å². The second kappa shape index (κ2) is 7.32. The van der Waals surface area contributed by atoms with Crippen LogP contribution < -0.4 is 5.32 Å². The average molecular weight is 415 g/mol. The first-order chi connectivity index (χ1) is 15.0. The topological polar surface area (TPSA) is 85.3 Å².